The molecule has 1 saturated heterocycles. The molecule has 5 rings (SSSR count). The van der Waals surface area contributed by atoms with E-state index >= 15 is 4.39 Å². The van der Waals surface area contributed by atoms with E-state index in [0.717, 1.165) is 0 Å². The molecule has 47 heavy (non-hydrogen) atoms. The SMILES string of the molecule is C=CC(=O)N1CCN(c2c(C#N)c(=O)n(C3=C(C)C=CN(C)C3C(C)C)c3nc(-c4c(N)c(F)c(F)c(Cl)c4F)c(Cl)cc23)C[C@H]1C. The maximum absolute atomic E-state index is 15.5. The second kappa shape index (κ2) is 12.6. The van der Waals surface area contributed by atoms with Gasteiger partial charge in [0, 0.05) is 38.1 Å². The number of hydrogen-bond donors (Lipinski definition) is 1. The third-order valence-corrected chi connectivity index (χ3v) is 9.30. The number of piperazine rings is 1. The number of likely N-dealkylation sites (N-methyl/N-ethyl adjacent to an activating group) is 1. The molecule has 1 fully saturated rings. The van der Waals surface area contributed by atoms with Crippen molar-refractivity contribution in [2.45, 2.75) is 39.8 Å². The van der Waals surface area contributed by atoms with Crippen LogP contribution in [0.15, 0.2) is 41.4 Å². The van der Waals surface area contributed by atoms with Gasteiger partial charge in [-0.2, -0.15) is 5.26 Å². The molecule has 2 N–H and O–H groups in total. The minimum Gasteiger partial charge on any atom is -0.396 e. The van der Waals surface area contributed by atoms with E-state index in [-0.39, 0.29) is 76.5 Å². The Morgan fingerprint density at radius 3 is 2.49 bits per heavy atom. The Labute approximate surface area is 279 Å². The van der Waals surface area contributed by atoms with E-state index < -0.39 is 39.3 Å². The van der Waals surface area contributed by atoms with Gasteiger partial charge in [0.2, 0.25) is 5.91 Å². The van der Waals surface area contributed by atoms with E-state index in [9.17, 15) is 23.6 Å². The number of rotatable bonds is 5. The summed E-state index contributed by atoms with van der Waals surface area (Å²) in [6, 6.07) is 2.78. The number of carbonyl (C=O) groups excluding carboxylic acids is 1. The molecule has 1 aromatic carbocycles. The number of carbonyl (C=O) groups is 1. The van der Waals surface area contributed by atoms with Crippen molar-refractivity contribution < 1.29 is 18.0 Å². The van der Waals surface area contributed by atoms with Gasteiger partial charge in [0.15, 0.2) is 17.5 Å². The molecular weight excluding hydrogens is 654 g/mol. The minimum atomic E-state index is -1.67. The summed E-state index contributed by atoms with van der Waals surface area (Å²) in [6.07, 6.45) is 4.91. The van der Waals surface area contributed by atoms with Gasteiger partial charge in [-0.05, 0) is 49.8 Å². The first-order valence-electron chi connectivity index (χ1n) is 14.8. The van der Waals surface area contributed by atoms with Gasteiger partial charge in [-0.25, -0.2) is 18.2 Å². The number of benzene rings is 1. The second-order valence-corrected chi connectivity index (χ2v) is 12.8. The number of amides is 1. The Hall–Kier alpha value is -4.47. The van der Waals surface area contributed by atoms with E-state index in [1.54, 1.807) is 9.80 Å². The summed E-state index contributed by atoms with van der Waals surface area (Å²) >= 11 is 12.5. The number of nitrogens with two attached hydrogens (primary N) is 1. The fraction of sp³-hybridized carbons (Fsp3) is 0.333. The Balaban J connectivity index is 1.92. The van der Waals surface area contributed by atoms with Gasteiger partial charge in [0.1, 0.15) is 22.3 Å². The predicted octanol–water partition coefficient (Wildman–Crippen LogP) is 6.18. The smallest absolute Gasteiger partial charge is 0.276 e. The number of halogens is 5. The van der Waals surface area contributed by atoms with Crippen LogP contribution in [0.5, 0.6) is 0 Å². The normalized spacial score (nSPS) is 18.4. The number of allylic oxidation sites excluding steroid dienone is 2. The highest BCUT2D eigenvalue weighted by Crippen LogP contribution is 2.43. The van der Waals surface area contributed by atoms with Crippen LogP contribution in [0.3, 0.4) is 0 Å². The van der Waals surface area contributed by atoms with E-state index in [2.05, 4.69) is 17.6 Å². The molecule has 1 amide bonds. The zero-order valence-corrected chi connectivity index (χ0v) is 27.8. The van der Waals surface area contributed by atoms with Gasteiger partial charge < -0.3 is 20.4 Å². The highest BCUT2D eigenvalue weighted by Gasteiger charge is 2.35. The monoisotopic (exact) mass is 685 g/mol. The number of nitrogens with zero attached hydrogens (tertiary/aromatic N) is 6. The van der Waals surface area contributed by atoms with Crippen molar-refractivity contribution in [2.75, 3.05) is 37.3 Å². The van der Waals surface area contributed by atoms with Gasteiger partial charge in [-0.3, -0.25) is 14.2 Å². The summed E-state index contributed by atoms with van der Waals surface area (Å²) in [6.45, 7) is 11.9. The topological polar surface area (TPSA) is 111 Å². The maximum atomic E-state index is 15.5. The number of pyridine rings is 2. The standard InChI is InChI=1S/C33H32Cl2F3N7O2/c1-7-21(46)44-11-10-43(14-17(44)5)31-18-12-20(34)28(22-24(36)23(35)25(37)26(38)27(22)40)41-32(18)45(33(47)19(31)13-39)30-16(4)8-9-42(6)29(30)15(2)3/h7-9,12,15,17,29H,1,10-11,14,40H2,2-6H3/t17-,29?/m1/s1. The van der Waals surface area contributed by atoms with Crippen molar-refractivity contribution in [3.63, 3.8) is 0 Å². The van der Waals surface area contributed by atoms with Crippen LogP contribution in [0, 0.1) is 34.7 Å². The Kier molecular flexibility index (Phi) is 9.10. The van der Waals surface area contributed by atoms with Crippen LogP contribution in [0.4, 0.5) is 24.5 Å². The summed E-state index contributed by atoms with van der Waals surface area (Å²) in [7, 11) is 1.85. The molecule has 0 bridgehead atoms. The predicted molar refractivity (Wildman–Crippen MR) is 178 cm³/mol. The van der Waals surface area contributed by atoms with Crippen molar-refractivity contribution in [1.82, 2.24) is 19.4 Å². The lowest BCUT2D eigenvalue weighted by Crippen LogP contribution is -2.54. The number of nitriles is 1. The molecule has 2 aliphatic rings. The molecule has 9 nitrogen and oxygen atoms in total. The van der Waals surface area contributed by atoms with Crippen molar-refractivity contribution in [3.05, 3.63) is 80.0 Å². The highest BCUT2D eigenvalue weighted by molar-refractivity contribution is 6.34. The van der Waals surface area contributed by atoms with E-state index in [1.807, 2.05) is 51.9 Å². The van der Waals surface area contributed by atoms with E-state index in [4.69, 9.17) is 28.9 Å². The molecule has 246 valence electrons. The average molecular weight is 687 g/mol. The molecule has 0 saturated carbocycles. The fourth-order valence-corrected chi connectivity index (χ4v) is 6.93. The number of hydrogen-bond acceptors (Lipinski definition) is 7. The molecule has 1 unspecified atom stereocenters. The van der Waals surface area contributed by atoms with Crippen molar-refractivity contribution in [2.24, 2.45) is 5.92 Å². The van der Waals surface area contributed by atoms with Crippen molar-refractivity contribution in [1.29, 1.82) is 5.26 Å². The zero-order valence-electron chi connectivity index (χ0n) is 26.3. The molecular formula is C33H32Cl2F3N7O2. The average Bonchev–Trinajstić information content (AvgIpc) is 3.03. The summed E-state index contributed by atoms with van der Waals surface area (Å²) in [5, 5.41) is 9.39. The molecule has 0 aliphatic carbocycles. The molecule has 2 aliphatic heterocycles. The molecule has 3 aromatic rings. The van der Waals surface area contributed by atoms with Crippen molar-refractivity contribution >= 4 is 57.2 Å². The third-order valence-electron chi connectivity index (χ3n) is 8.69. The molecule has 2 aromatic heterocycles. The van der Waals surface area contributed by atoms with E-state index in [1.165, 1.54) is 16.7 Å². The molecule has 0 spiro atoms. The summed E-state index contributed by atoms with van der Waals surface area (Å²) < 4.78 is 46.0. The third kappa shape index (κ3) is 5.41. The van der Waals surface area contributed by atoms with Crippen LogP contribution < -0.4 is 16.2 Å². The second-order valence-electron chi connectivity index (χ2n) is 12.0. The Bertz CT molecular complexity index is 1990. The van der Waals surface area contributed by atoms with Gasteiger partial charge in [0.25, 0.3) is 5.56 Å². The molecule has 0 radical (unpaired) electrons. The van der Waals surface area contributed by atoms with Crippen LogP contribution in [-0.4, -0.2) is 64.0 Å². The van der Waals surface area contributed by atoms with Crippen molar-refractivity contribution in [3.8, 4) is 17.3 Å². The Morgan fingerprint density at radius 2 is 1.89 bits per heavy atom. The van der Waals surface area contributed by atoms with Crippen LogP contribution in [0.1, 0.15) is 33.3 Å². The summed E-state index contributed by atoms with van der Waals surface area (Å²) in [5.41, 5.74) is 4.41. The van der Waals surface area contributed by atoms with Crippen LogP contribution in [0.2, 0.25) is 10.0 Å². The largest absolute Gasteiger partial charge is 0.396 e. The lowest BCUT2D eigenvalue weighted by atomic mass is 9.93. The van der Waals surface area contributed by atoms with Gasteiger partial charge in [0.05, 0.1) is 39.4 Å². The fourth-order valence-electron chi connectivity index (χ4n) is 6.51. The minimum absolute atomic E-state index is 0.0241. The molecule has 14 heteroatoms. The number of fused-ring (bicyclic) bond motifs is 1. The van der Waals surface area contributed by atoms with Crippen LogP contribution in [-0.2, 0) is 4.79 Å². The maximum Gasteiger partial charge on any atom is 0.276 e. The van der Waals surface area contributed by atoms with Crippen LogP contribution in [0.25, 0.3) is 28.0 Å². The number of aromatic nitrogens is 2. The Morgan fingerprint density at radius 1 is 1.21 bits per heavy atom. The summed E-state index contributed by atoms with van der Waals surface area (Å²) in [4.78, 5) is 37.0. The van der Waals surface area contributed by atoms with Gasteiger partial charge in [-0.15, -0.1) is 0 Å². The lowest BCUT2D eigenvalue weighted by Gasteiger charge is -2.41. The summed E-state index contributed by atoms with van der Waals surface area (Å²) in [5.74, 6) is -4.93. The number of nitrogen functional groups attached to an aromatic ring is 1. The first-order chi connectivity index (χ1) is 22.2. The molecule has 2 atom stereocenters. The number of anilines is 2. The first kappa shape index (κ1) is 33.9. The van der Waals surface area contributed by atoms with Gasteiger partial charge in [-0.1, -0.05) is 43.6 Å². The quantitative estimate of drug-likeness (QED) is 0.148. The first-order valence-corrected chi connectivity index (χ1v) is 15.5. The zero-order chi connectivity index (χ0) is 34.6. The van der Waals surface area contributed by atoms with Gasteiger partial charge >= 0.3 is 0 Å². The highest BCUT2D eigenvalue weighted by atomic mass is 35.5. The molecule has 4 heterocycles. The van der Waals surface area contributed by atoms with E-state index in [0.29, 0.717) is 11.3 Å². The van der Waals surface area contributed by atoms with Crippen LogP contribution >= 0.6 is 23.2 Å². The lowest BCUT2D eigenvalue weighted by molar-refractivity contribution is -0.128.